The van der Waals surface area contributed by atoms with Gasteiger partial charge in [0.2, 0.25) is 0 Å². The van der Waals surface area contributed by atoms with Crippen LogP contribution in [-0.2, 0) is 0 Å². The third-order valence-corrected chi connectivity index (χ3v) is 8.17. The monoisotopic (exact) mass is 536 g/mol. The Morgan fingerprint density at radius 1 is 0.357 bits per heavy atom. The predicted molar refractivity (Wildman–Crippen MR) is 178 cm³/mol. The molecule has 0 saturated heterocycles. The molecule has 7 aromatic carbocycles. The molecular formula is C40H28N2. The number of hydrogen-bond acceptors (Lipinski definition) is 1. The van der Waals surface area contributed by atoms with Crippen molar-refractivity contribution in [1.29, 1.82) is 0 Å². The first-order valence-electron chi connectivity index (χ1n) is 14.4. The van der Waals surface area contributed by atoms with E-state index in [0.29, 0.717) is 0 Å². The standard InChI is InChI=1S/C40H28N2/c1-4-15-29(16-5-1)41(30-17-6-2-7-18-30)39-28-27-33(32-21-10-11-22-34(32)39)36-24-14-25-37-35-23-12-13-26-38(35)42(40(36)37)31-19-8-3-9-20-31/h1-28H. The van der Waals surface area contributed by atoms with Crippen LogP contribution in [0.2, 0.25) is 0 Å². The summed E-state index contributed by atoms with van der Waals surface area (Å²) in [6.45, 7) is 0. The van der Waals surface area contributed by atoms with Crippen molar-refractivity contribution >= 4 is 49.6 Å². The molecule has 0 N–H and O–H groups in total. The van der Waals surface area contributed by atoms with Crippen LogP contribution in [0.15, 0.2) is 170 Å². The highest BCUT2D eigenvalue weighted by Gasteiger charge is 2.20. The maximum Gasteiger partial charge on any atom is 0.0619 e. The van der Waals surface area contributed by atoms with E-state index < -0.39 is 0 Å². The minimum absolute atomic E-state index is 1.13. The number of para-hydroxylation sites is 5. The fourth-order valence-corrected chi connectivity index (χ4v) is 6.38. The molecule has 0 radical (unpaired) electrons. The zero-order valence-corrected chi connectivity index (χ0v) is 23.1. The van der Waals surface area contributed by atoms with Crippen molar-refractivity contribution in [2.24, 2.45) is 0 Å². The molecule has 0 aliphatic rings. The Morgan fingerprint density at radius 3 is 1.60 bits per heavy atom. The van der Waals surface area contributed by atoms with Gasteiger partial charge in [0, 0.05) is 38.8 Å². The van der Waals surface area contributed by atoms with Gasteiger partial charge in [0.1, 0.15) is 0 Å². The van der Waals surface area contributed by atoms with Crippen molar-refractivity contribution in [1.82, 2.24) is 4.57 Å². The van der Waals surface area contributed by atoms with Gasteiger partial charge in [-0.1, -0.05) is 121 Å². The lowest BCUT2D eigenvalue weighted by atomic mass is 9.94. The van der Waals surface area contributed by atoms with E-state index in [2.05, 4.69) is 179 Å². The molecular weight excluding hydrogens is 508 g/mol. The van der Waals surface area contributed by atoms with E-state index in [0.717, 1.165) is 22.7 Å². The third-order valence-electron chi connectivity index (χ3n) is 8.17. The highest BCUT2D eigenvalue weighted by molar-refractivity contribution is 6.17. The SMILES string of the molecule is c1ccc(N(c2ccccc2)c2ccc(-c3cccc4c5ccccc5n(-c5ccccc5)c34)c3ccccc23)cc1. The Bertz CT molecular complexity index is 2140. The quantitative estimate of drug-likeness (QED) is 0.212. The molecule has 0 atom stereocenters. The van der Waals surface area contributed by atoms with E-state index in [1.807, 2.05) is 0 Å². The van der Waals surface area contributed by atoms with E-state index in [9.17, 15) is 0 Å². The molecule has 198 valence electrons. The molecule has 0 bridgehead atoms. The number of hydrogen-bond donors (Lipinski definition) is 0. The van der Waals surface area contributed by atoms with Gasteiger partial charge in [0.15, 0.2) is 0 Å². The maximum absolute atomic E-state index is 2.42. The molecule has 0 fully saturated rings. The summed E-state index contributed by atoms with van der Waals surface area (Å²) in [4.78, 5) is 2.35. The van der Waals surface area contributed by atoms with Crippen molar-refractivity contribution in [3.8, 4) is 16.8 Å². The molecule has 42 heavy (non-hydrogen) atoms. The van der Waals surface area contributed by atoms with Crippen molar-refractivity contribution in [3.05, 3.63) is 170 Å². The fourth-order valence-electron chi connectivity index (χ4n) is 6.38. The topological polar surface area (TPSA) is 8.17 Å². The number of benzene rings is 7. The zero-order chi connectivity index (χ0) is 27.9. The smallest absolute Gasteiger partial charge is 0.0619 e. The van der Waals surface area contributed by atoms with Crippen LogP contribution in [0, 0.1) is 0 Å². The van der Waals surface area contributed by atoms with E-state index in [4.69, 9.17) is 0 Å². The van der Waals surface area contributed by atoms with Crippen LogP contribution in [0.1, 0.15) is 0 Å². The van der Waals surface area contributed by atoms with E-state index >= 15 is 0 Å². The molecule has 8 rings (SSSR count). The minimum Gasteiger partial charge on any atom is -0.310 e. The summed E-state index contributed by atoms with van der Waals surface area (Å²) < 4.78 is 2.42. The van der Waals surface area contributed by atoms with Gasteiger partial charge in [0.25, 0.3) is 0 Å². The van der Waals surface area contributed by atoms with Gasteiger partial charge in [-0.2, -0.15) is 0 Å². The summed E-state index contributed by atoms with van der Waals surface area (Å²) in [7, 11) is 0. The maximum atomic E-state index is 2.42. The lowest BCUT2D eigenvalue weighted by Crippen LogP contribution is -2.10. The van der Waals surface area contributed by atoms with Gasteiger partial charge in [-0.25, -0.2) is 0 Å². The Hall–Kier alpha value is -5.60. The predicted octanol–water partition coefficient (Wildman–Crippen LogP) is 11.1. The summed E-state index contributed by atoms with van der Waals surface area (Å²) in [6.07, 6.45) is 0. The lowest BCUT2D eigenvalue weighted by molar-refractivity contribution is 1.18. The average Bonchev–Trinajstić information content (AvgIpc) is 3.41. The van der Waals surface area contributed by atoms with Crippen molar-refractivity contribution < 1.29 is 0 Å². The number of aromatic nitrogens is 1. The fraction of sp³-hybridized carbons (Fsp3) is 0. The Morgan fingerprint density at radius 2 is 0.905 bits per heavy atom. The van der Waals surface area contributed by atoms with Crippen LogP contribution in [0.5, 0.6) is 0 Å². The lowest BCUT2D eigenvalue weighted by Gasteiger charge is -2.27. The second-order valence-corrected chi connectivity index (χ2v) is 10.6. The van der Waals surface area contributed by atoms with Crippen LogP contribution in [-0.4, -0.2) is 4.57 Å². The second-order valence-electron chi connectivity index (χ2n) is 10.6. The Labute approximate surface area is 245 Å². The van der Waals surface area contributed by atoms with Crippen LogP contribution >= 0.6 is 0 Å². The normalized spacial score (nSPS) is 11.3. The van der Waals surface area contributed by atoms with Crippen LogP contribution in [0.25, 0.3) is 49.4 Å². The summed E-state index contributed by atoms with van der Waals surface area (Å²) in [5.41, 5.74) is 9.47. The number of rotatable bonds is 5. The van der Waals surface area contributed by atoms with Gasteiger partial charge in [0.05, 0.1) is 16.7 Å². The molecule has 0 unspecified atom stereocenters. The molecule has 0 amide bonds. The molecule has 0 aliphatic carbocycles. The van der Waals surface area contributed by atoms with Gasteiger partial charge in [-0.05, 0) is 59.5 Å². The number of nitrogens with zero attached hydrogens (tertiary/aromatic N) is 2. The van der Waals surface area contributed by atoms with Crippen LogP contribution < -0.4 is 4.90 Å². The van der Waals surface area contributed by atoms with Gasteiger partial charge >= 0.3 is 0 Å². The van der Waals surface area contributed by atoms with E-state index in [1.165, 1.54) is 43.7 Å². The van der Waals surface area contributed by atoms with Crippen molar-refractivity contribution in [2.45, 2.75) is 0 Å². The molecule has 1 aromatic heterocycles. The Kier molecular flexibility index (Phi) is 5.82. The number of anilines is 3. The van der Waals surface area contributed by atoms with Gasteiger partial charge in [-0.3, -0.25) is 0 Å². The zero-order valence-electron chi connectivity index (χ0n) is 23.1. The van der Waals surface area contributed by atoms with Crippen LogP contribution in [0.3, 0.4) is 0 Å². The largest absolute Gasteiger partial charge is 0.310 e. The Balaban J connectivity index is 1.43. The third kappa shape index (κ3) is 3.88. The molecule has 2 nitrogen and oxygen atoms in total. The highest BCUT2D eigenvalue weighted by atomic mass is 15.1. The summed E-state index contributed by atoms with van der Waals surface area (Å²) in [5, 5.41) is 4.96. The van der Waals surface area contributed by atoms with Crippen molar-refractivity contribution in [3.63, 3.8) is 0 Å². The first kappa shape index (κ1) is 24.2. The second kappa shape index (κ2) is 10.1. The first-order chi connectivity index (χ1) is 20.9. The minimum atomic E-state index is 1.13. The van der Waals surface area contributed by atoms with Gasteiger partial charge in [-0.15, -0.1) is 0 Å². The average molecular weight is 537 g/mol. The van der Waals surface area contributed by atoms with Crippen molar-refractivity contribution in [2.75, 3.05) is 4.90 Å². The molecule has 0 spiro atoms. The highest BCUT2D eigenvalue weighted by Crippen LogP contribution is 2.44. The van der Waals surface area contributed by atoms with Gasteiger partial charge < -0.3 is 9.47 Å². The summed E-state index contributed by atoms with van der Waals surface area (Å²) in [6, 6.07) is 60.8. The molecule has 0 saturated carbocycles. The summed E-state index contributed by atoms with van der Waals surface area (Å²) in [5.74, 6) is 0. The molecule has 0 aliphatic heterocycles. The van der Waals surface area contributed by atoms with Crippen LogP contribution in [0.4, 0.5) is 17.1 Å². The first-order valence-corrected chi connectivity index (χ1v) is 14.4. The molecule has 1 heterocycles. The van der Waals surface area contributed by atoms with E-state index in [-0.39, 0.29) is 0 Å². The molecule has 8 aromatic rings. The number of fused-ring (bicyclic) bond motifs is 4. The summed E-state index contributed by atoms with van der Waals surface area (Å²) >= 11 is 0. The van der Waals surface area contributed by atoms with E-state index in [1.54, 1.807) is 0 Å². The molecule has 2 heteroatoms.